The average molecular weight is 472 g/mol. The molecular weight excluding hydrogens is 460 g/mol. The van der Waals surface area contributed by atoms with Gasteiger partial charge in [0.25, 0.3) is 11.4 Å². The Morgan fingerprint density at radius 3 is 2.44 bits per heavy atom. The second-order valence-electron chi connectivity index (χ2n) is 6.86. The van der Waals surface area contributed by atoms with Crippen LogP contribution in [-0.4, -0.2) is 14.8 Å². The Bertz CT molecular complexity index is 1590. The highest BCUT2D eigenvalue weighted by atomic mass is 32.1. The summed E-state index contributed by atoms with van der Waals surface area (Å²) in [5.74, 6) is 0. The van der Waals surface area contributed by atoms with E-state index in [-0.39, 0.29) is 33.8 Å². The first kappa shape index (κ1) is 22.3. The lowest BCUT2D eigenvalue weighted by Gasteiger charge is -2.00. The zero-order valence-electron chi connectivity index (χ0n) is 17.1. The molecule has 34 heavy (non-hydrogen) atoms. The van der Waals surface area contributed by atoms with Crippen molar-refractivity contribution in [2.24, 2.45) is 0 Å². The van der Waals surface area contributed by atoms with Crippen LogP contribution in [0.25, 0.3) is 33.9 Å². The summed E-state index contributed by atoms with van der Waals surface area (Å²) in [6, 6.07) is 13.4. The number of nitriles is 1. The number of aromatic nitrogens is 1. The number of nitro benzene ring substituents is 2. The van der Waals surface area contributed by atoms with E-state index >= 15 is 0 Å². The maximum absolute atomic E-state index is 12.4. The van der Waals surface area contributed by atoms with Gasteiger partial charge < -0.3 is 4.42 Å². The lowest BCUT2D eigenvalue weighted by molar-refractivity contribution is -0.385. The van der Waals surface area contributed by atoms with Gasteiger partial charge in [0.15, 0.2) is 0 Å². The molecule has 10 nitrogen and oxygen atoms in total. The fourth-order valence-electron chi connectivity index (χ4n) is 3.04. The molecule has 0 fully saturated rings. The van der Waals surface area contributed by atoms with Crippen LogP contribution in [-0.2, 0) is 0 Å². The second kappa shape index (κ2) is 9.27. The van der Waals surface area contributed by atoms with Crippen molar-refractivity contribution in [2.45, 2.75) is 0 Å². The van der Waals surface area contributed by atoms with Crippen LogP contribution in [0.4, 0.5) is 11.4 Å². The molecule has 0 saturated carbocycles. The third-order valence-corrected chi connectivity index (χ3v) is 5.59. The third kappa shape index (κ3) is 4.62. The number of rotatable bonds is 6. The summed E-state index contributed by atoms with van der Waals surface area (Å²) in [7, 11) is 0. The number of nitro groups is 2. The molecule has 2 aromatic heterocycles. The maximum Gasteiger partial charge on any atom is 0.345 e. The van der Waals surface area contributed by atoms with Crippen molar-refractivity contribution >= 4 is 45.3 Å². The number of nitrogens with zero attached hydrogens (tertiary/aromatic N) is 4. The van der Waals surface area contributed by atoms with Crippen LogP contribution in [0.15, 0.2) is 75.3 Å². The van der Waals surface area contributed by atoms with E-state index in [0.717, 1.165) is 11.3 Å². The number of allylic oxidation sites excluding steroid dienone is 3. The Morgan fingerprint density at radius 2 is 1.76 bits per heavy atom. The molecule has 0 aliphatic rings. The van der Waals surface area contributed by atoms with Crippen LogP contribution in [0.5, 0.6) is 0 Å². The molecule has 0 bridgehead atoms. The van der Waals surface area contributed by atoms with Crippen molar-refractivity contribution < 1.29 is 14.3 Å². The molecule has 0 N–H and O–H groups in total. The molecule has 0 aliphatic carbocycles. The number of hydrogen-bond acceptors (Lipinski definition) is 9. The zero-order valence-corrected chi connectivity index (χ0v) is 17.9. The normalized spacial score (nSPS) is 11.6. The molecule has 2 heterocycles. The van der Waals surface area contributed by atoms with Crippen molar-refractivity contribution in [3.8, 4) is 17.3 Å². The highest BCUT2D eigenvalue weighted by molar-refractivity contribution is 7.11. The number of thiazole rings is 1. The van der Waals surface area contributed by atoms with E-state index in [2.05, 4.69) is 4.98 Å². The van der Waals surface area contributed by atoms with Gasteiger partial charge in [-0.2, -0.15) is 5.26 Å². The molecule has 0 saturated heterocycles. The summed E-state index contributed by atoms with van der Waals surface area (Å²) < 4.78 is 5.27. The molecule has 0 aliphatic heterocycles. The molecule has 0 amide bonds. The first-order valence-electron chi connectivity index (χ1n) is 9.57. The fraction of sp³-hybridized carbons (Fsp3) is 0. The molecule has 0 radical (unpaired) electrons. The lowest BCUT2D eigenvalue weighted by atomic mass is 10.1. The van der Waals surface area contributed by atoms with Gasteiger partial charge in [0.2, 0.25) is 0 Å². The SMILES string of the molecule is N#C/C(=C/C=C/c1ccc([N+](=O)[O-])cc1)c1nc(-c2cc3cc([N+](=O)[O-])ccc3oc2=O)cs1. The molecule has 4 aromatic rings. The second-order valence-corrected chi connectivity index (χ2v) is 7.72. The summed E-state index contributed by atoms with van der Waals surface area (Å²) in [6.45, 7) is 0. The third-order valence-electron chi connectivity index (χ3n) is 4.71. The van der Waals surface area contributed by atoms with Gasteiger partial charge in [-0.3, -0.25) is 20.2 Å². The quantitative estimate of drug-likeness (QED) is 0.120. The van der Waals surface area contributed by atoms with E-state index in [1.54, 1.807) is 29.7 Å². The van der Waals surface area contributed by atoms with Gasteiger partial charge >= 0.3 is 5.63 Å². The van der Waals surface area contributed by atoms with Crippen LogP contribution in [0.3, 0.4) is 0 Å². The number of non-ortho nitro benzene ring substituents is 2. The van der Waals surface area contributed by atoms with Gasteiger partial charge in [0.05, 0.1) is 26.7 Å². The monoisotopic (exact) mass is 472 g/mol. The van der Waals surface area contributed by atoms with Crippen LogP contribution >= 0.6 is 11.3 Å². The van der Waals surface area contributed by atoms with Gasteiger partial charge in [0, 0.05) is 35.0 Å². The summed E-state index contributed by atoms with van der Waals surface area (Å²) in [5, 5.41) is 33.6. The van der Waals surface area contributed by atoms with Crippen LogP contribution < -0.4 is 5.63 Å². The van der Waals surface area contributed by atoms with Gasteiger partial charge in [-0.05, 0) is 35.9 Å². The smallest absolute Gasteiger partial charge is 0.345 e. The summed E-state index contributed by atoms with van der Waals surface area (Å²) >= 11 is 1.15. The summed E-state index contributed by atoms with van der Waals surface area (Å²) in [4.78, 5) is 37.5. The Morgan fingerprint density at radius 1 is 1.06 bits per heavy atom. The van der Waals surface area contributed by atoms with Crippen molar-refractivity contribution in [3.63, 3.8) is 0 Å². The Balaban J connectivity index is 1.62. The largest absolute Gasteiger partial charge is 0.422 e. The molecule has 0 atom stereocenters. The van der Waals surface area contributed by atoms with Crippen molar-refractivity contribution in [1.82, 2.24) is 4.98 Å². The summed E-state index contributed by atoms with van der Waals surface area (Å²) in [6.07, 6.45) is 4.83. The van der Waals surface area contributed by atoms with Gasteiger partial charge in [-0.1, -0.05) is 12.2 Å². The van der Waals surface area contributed by atoms with Crippen molar-refractivity contribution in [3.05, 3.63) is 107 Å². The van der Waals surface area contributed by atoms with Crippen LogP contribution in [0.2, 0.25) is 0 Å². The van der Waals surface area contributed by atoms with Crippen molar-refractivity contribution in [2.75, 3.05) is 0 Å². The predicted octanol–water partition coefficient (Wildman–Crippen LogP) is 5.35. The zero-order chi connectivity index (χ0) is 24.2. The molecule has 166 valence electrons. The first-order chi connectivity index (χ1) is 16.4. The lowest BCUT2D eigenvalue weighted by Crippen LogP contribution is -2.03. The molecule has 0 spiro atoms. The fourth-order valence-corrected chi connectivity index (χ4v) is 3.84. The van der Waals surface area contributed by atoms with Gasteiger partial charge in [0.1, 0.15) is 16.7 Å². The van der Waals surface area contributed by atoms with Gasteiger partial charge in [-0.25, -0.2) is 9.78 Å². The van der Waals surface area contributed by atoms with E-state index in [1.807, 2.05) is 6.07 Å². The van der Waals surface area contributed by atoms with Crippen LogP contribution in [0.1, 0.15) is 10.6 Å². The molecular formula is C23H12N4O6S. The molecule has 2 aromatic carbocycles. The molecule has 4 rings (SSSR count). The van der Waals surface area contributed by atoms with E-state index in [0.29, 0.717) is 16.0 Å². The number of fused-ring (bicyclic) bond motifs is 1. The van der Waals surface area contributed by atoms with E-state index < -0.39 is 15.5 Å². The standard InChI is InChI=1S/C23H12N4O6S/c24-12-15(3-1-2-14-4-6-17(7-5-14)26(29)30)22-25-20(13-34-22)19-11-16-10-18(27(31)32)8-9-21(16)33-23(19)28/h1-11,13H/b2-1+,15-3-. The number of benzene rings is 2. The van der Waals surface area contributed by atoms with Crippen molar-refractivity contribution in [1.29, 1.82) is 5.26 Å². The van der Waals surface area contributed by atoms with Crippen LogP contribution in [0, 0.1) is 31.6 Å². The number of hydrogen-bond donors (Lipinski definition) is 0. The molecule has 11 heteroatoms. The Hall–Kier alpha value is -4.95. The topological polar surface area (TPSA) is 153 Å². The molecule has 0 unspecified atom stereocenters. The van der Waals surface area contributed by atoms with Gasteiger partial charge in [-0.15, -0.1) is 11.3 Å². The Labute approximate surface area is 194 Å². The maximum atomic E-state index is 12.4. The average Bonchev–Trinajstić information content (AvgIpc) is 3.31. The summed E-state index contributed by atoms with van der Waals surface area (Å²) in [5.41, 5.74) is 0.755. The van der Waals surface area contributed by atoms with E-state index in [4.69, 9.17) is 4.42 Å². The minimum Gasteiger partial charge on any atom is -0.422 e. The Kier molecular flexibility index (Phi) is 6.07. The minimum atomic E-state index is -0.654. The predicted molar refractivity (Wildman–Crippen MR) is 126 cm³/mol. The van der Waals surface area contributed by atoms with E-state index in [1.165, 1.54) is 42.5 Å². The van der Waals surface area contributed by atoms with E-state index in [9.17, 15) is 30.3 Å². The first-order valence-corrected chi connectivity index (χ1v) is 10.4. The highest BCUT2D eigenvalue weighted by Crippen LogP contribution is 2.28. The highest BCUT2D eigenvalue weighted by Gasteiger charge is 2.15. The minimum absolute atomic E-state index is 0.0199.